The maximum absolute atomic E-state index is 13.1. The third-order valence-electron chi connectivity index (χ3n) is 4.30. The van der Waals surface area contributed by atoms with Crippen molar-refractivity contribution < 1.29 is 9.53 Å². The Morgan fingerprint density at radius 3 is 2.87 bits per heavy atom. The molecule has 1 unspecified atom stereocenters. The average Bonchev–Trinajstić information content (AvgIpc) is 2.59. The fourth-order valence-electron chi connectivity index (χ4n) is 3.08. The monoisotopic (exact) mass is 309 g/mol. The number of anilines is 1. The summed E-state index contributed by atoms with van der Waals surface area (Å²) in [5, 5.41) is 0. The maximum Gasteiger partial charge on any atom is 0.258 e. The molecule has 0 aromatic heterocycles. The molecule has 120 valence electrons. The molecule has 0 aliphatic carbocycles. The molecule has 1 amide bonds. The van der Waals surface area contributed by atoms with Gasteiger partial charge in [0.05, 0.1) is 6.61 Å². The van der Waals surface area contributed by atoms with Gasteiger partial charge in [0.25, 0.3) is 5.91 Å². The van der Waals surface area contributed by atoms with E-state index in [0.29, 0.717) is 12.2 Å². The van der Waals surface area contributed by atoms with Gasteiger partial charge in [-0.3, -0.25) is 4.79 Å². The van der Waals surface area contributed by atoms with Gasteiger partial charge in [0.15, 0.2) is 0 Å². The first-order chi connectivity index (χ1) is 11.2. The van der Waals surface area contributed by atoms with Crippen molar-refractivity contribution in [2.45, 2.75) is 39.2 Å². The van der Waals surface area contributed by atoms with Crippen molar-refractivity contribution in [3.8, 4) is 5.75 Å². The molecule has 1 atom stereocenters. The molecule has 3 nitrogen and oxygen atoms in total. The molecular formula is C20H23NO2. The molecule has 2 aromatic rings. The summed E-state index contributed by atoms with van der Waals surface area (Å²) in [6, 6.07) is 15.9. The number of rotatable bonds is 4. The lowest BCUT2D eigenvalue weighted by atomic mass is 9.95. The molecule has 2 aromatic carbocycles. The van der Waals surface area contributed by atoms with Gasteiger partial charge < -0.3 is 9.64 Å². The largest absolute Gasteiger partial charge is 0.494 e. The van der Waals surface area contributed by atoms with E-state index in [1.165, 1.54) is 5.56 Å². The molecule has 0 bridgehead atoms. The minimum atomic E-state index is 0.0478. The first-order valence-electron chi connectivity index (χ1n) is 8.35. The Hall–Kier alpha value is -2.29. The topological polar surface area (TPSA) is 29.5 Å². The fourth-order valence-corrected chi connectivity index (χ4v) is 3.08. The van der Waals surface area contributed by atoms with Crippen molar-refractivity contribution in [3.05, 3.63) is 59.7 Å². The predicted octanol–water partition coefficient (Wildman–Crippen LogP) is 4.46. The van der Waals surface area contributed by atoms with E-state index < -0.39 is 0 Å². The number of fused-ring (bicyclic) bond motifs is 1. The van der Waals surface area contributed by atoms with Gasteiger partial charge in [-0.2, -0.15) is 0 Å². The third-order valence-corrected chi connectivity index (χ3v) is 4.30. The van der Waals surface area contributed by atoms with Crippen LogP contribution in [0.15, 0.2) is 48.5 Å². The van der Waals surface area contributed by atoms with Gasteiger partial charge in [-0.15, -0.1) is 0 Å². The molecule has 0 N–H and O–H groups in total. The zero-order chi connectivity index (χ0) is 16.2. The van der Waals surface area contributed by atoms with Gasteiger partial charge in [-0.25, -0.2) is 0 Å². The molecule has 1 heterocycles. The number of hydrogen-bond donors (Lipinski definition) is 0. The Morgan fingerprint density at radius 1 is 1.22 bits per heavy atom. The van der Waals surface area contributed by atoms with Gasteiger partial charge in [-0.05, 0) is 56.0 Å². The molecule has 3 rings (SSSR count). The van der Waals surface area contributed by atoms with E-state index in [1.807, 2.05) is 47.4 Å². The lowest BCUT2D eigenvalue weighted by molar-refractivity contribution is 0.0974. The summed E-state index contributed by atoms with van der Waals surface area (Å²) in [6.45, 7) is 4.85. The highest BCUT2D eigenvalue weighted by Gasteiger charge is 2.28. The number of aryl methyl sites for hydroxylation is 1. The van der Waals surface area contributed by atoms with Crippen LogP contribution in [-0.2, 0) is 6.42 Å². The zero-order valence-corrected chi connectivity index (χ0v) is 13.8. The lowest BCUT2D eigenvalue weighted by Crippen LogP contribution is -2.42. The minimum absolute atomic E-state index is 0.0478. The first-order valence-corrected chi connectivity index (χ1v) is 8.35. The van der Waals surface area contributed by atoms with Crippen LogP contribution in [0, 0.1) is 0 Å². The number of amides is 1. The normalized spacial score (nSPS) is 16.8. The third kappa shape index (κ3) is 3.24. The summed E-state index contributed by atoms with van der Waals surface area (Å²) in [4.78, 5) is 15.0. The van der Waals surface area contributed by atoms with Crippen molar-refractivity contribution in [2.24, 2.45) is 0 Å². The van der Waals surface area contributed by atoms with E-state index in [9.17, 15) is 4.79 Å². The van der Waals surface area contributed by atoms with E-state index in [-0.39, 0.29) is 11.9 Å². The van der Waals surface area contributed by atoms with Crippen molar-refractivity contribution in [1.82, 2.24) is 0 Å². The number of hydrogen-bond acceptors (Lipinski definition) is 2. The number of nitrogens with zero attached hydrogens (tertiary/aromatic N) is 1. The summed E-state index contributed by atoms with van der Waals surface area (Å²) in [6.07, 6.45) is 2.98. The quantitative estimate of drug-likeness (QED) is 0.834. The van der Waals surface area contributed by atoms with Crippen LogP contribution in [0.5, 0.6) is 5.75 Å². The molecule has 1 aliphatic heterocycles. The number of carbonyl (C=O) groups is 1. The van der Waals surface area contributed by atoms with Crippen LogP contribution in [0.3, 0.4) is 0 Å². The molecule has 23 heavy (non-hydrogen) atoms. The maximum atomic E-state index is 13.1. The molecule has 0 radical (unpaired) electrons. The van der Waals surface area contributed by atoms with Crippen LogP contribution in [-0.4, -0.2) is 18.6 Å². The second-order valence-electron chi connectivity index (χ2n) is 6.07. The van der Waals surface area contributed by atoms with Crippen LogP contribution in [0.1, 0.15) is 42.6 Å². The Balaban J connectivity index is 1.91. The number of benzene rings is 2. The molecule has 0 saturated carbocycles. The Labute approximate surface area is 137 Å². The highest BCUT2D eigenvalue weighted by atomic mass is 16.5. The summed E-state index contributed by atoms with van der Waals surface area (Å²) in [5.41, 5.74) is 2.97. The predicted molar refractivity (Wildman–Crippen MR) is 93.3 cm³/mol. The Kier molecular flexibility index (Phi) is 4.65. The van der Waals surface area contributed by atoms with Crippen molar-refractivity contribution in [2.75, 3.05) is 11.5 Å². The SMILES string of the molecule is CCCOc1cccc(C(=O)N2c3ccccc3CCC2C)c1. The first kappa shape index (κ1) is 15.6. The second-order valence-corrected chi connectivity index (χ2v) is 6.07. The van der Waals surface area contributed by atoms with Gasteiger partial charge in [0, 0.05) is 17.3 Å². The molecule has 0 saturated heterocycles. The Bertz CT molecular complexity index is 696. The lowest BCUT2D eigenvalue weighted by Gasteiger charge is -2.35. The molecule has 3 heteroatoms. The minimum Gasteiger partial charge on any atom is -0.494 e. The van der Waals surface area contributed by atoms with E-state index >= 15 is 0 Å². The van der Waals surface area contributed by atoms with Gasteiger partial charge in [-0.1, -0.05) is 31.2 Å². The van der Waals surface area contributed by atoms with Crippen LogP contribution < -0.4 is 9.64 Å². The van der Waals surface area contributed by atoms with Crippen molar-refractivity contribution in [3.63, 3.8) is 0 Å². The summed E-state index contributed by atoms with van der Waals surface area (Å²) in [5.74, 6) is 0.808. The average molecular weight is 309 g/mol. The molecule has 0 spiro atoms. The zero-order valence-electron chi connectivity index (χ0n) is 13.8. The molecule has 1 aliphatic rings. The second kappa shape index (κ2) is 6.86. The summed E-state index contributed by atoms with van der Waals surface area (Å²) >= 11 is 0. The van der Waals surface area contributed by atoms with Gasteiger partial charge in [0.2, 0.25) is 0 Å². The van der Waals surface area contributed by atoms with E-state index in [2.05, 4.69) is 19.9 Å². The fraction of sp³-hybridized carbons (Fsp3) is 0.350. The van der Waals surface area contributed by atoms with E-state index in [4.69, 9.17) is 4.74 Å². The highest BCUT2D eigenvalue weighted by molar-refractivity contribution is 6.07. The number of carbonyl (C=O) groups excluding carboxylic acids is 1. The summed E-state index contributed by atoms with van der Waals surface area (Å²) < 4.78 is 5.66. The van der Waals surface area contributed by atoms with Crippen molar-refractivity contribution >= 4 is 11.6 Å². The highest BCUT2D eigenvalue weighted by Crippen LogP contribution is 2.32. The van der Waals surface area contributed by atoms with Gasteiger partial charge in [0.1, 0.15) is 5.75 Å². The van der Waals surface area contributed by atoms with Crippen molar-refractivity contribution in [1.29, 1.82) is 0 Å². The van der Waals surface area contributed by atoms with Gasteiger partial charge >= 0.3 is 0 Å². The van der Waals surface area contributed by atoms with E-state index in [0.717, 1.165) is 30.7 Å². The molecule has 0 fully saturated rings. The standard InChI is InChI=1S/C20H23NO2/c1-3-13-23-18-9-6-8-17(14-18)20(22)21-15(2)11-12-16-7-4-5-10-19(16)21/h4-10,14-15H,3,11-13H2,1-2H3. The summed E-state index contributed by atoms with van der Waals surface area (Å²) in [7, 11) is 0. The smallest absolute Gasteiger partial charge is 0.258 e. The van der Waals surface area contributed by atoms with Crippen LogP contribution in [0.25, 0.3) is 0 Å². The Morgan fingerprint density at radius 2 is 2.04 bits per heavy atom. The number of ether oxygens (including phenoxy) is 1. The van der Waals surface area contributed by atoms with Crippen LogP contribution in [0.4, 0.5) is 5.69 Å². The van der Waals surface area contributed by atoms with Crippen LogP contribution >= 0.6 is 0 Å². The molecular weight excluding hydrogens is 286 g/mol. The number of para-hydroxylation sites is 1. The van der Waals surface area contributed by atoms with E-state index in [1.54, 1.807) is 0 Å². The van der Waals surface area contributed by atoms with Crippen LogP contribution in [0.2, 0.25) is 0 Å².